The highest BCUT2D eigenvalue weighted by atomic mass is 35.5. The summed E-state index contributed by atoms with van der Waals surface area (Å²) in [6.45, 7) is 34.2. The van der Waals surface area contributed by atoms with E-state index in [4.69, 9.17) is 42.8 Å². The molecular formula is C72H91Cl2F3N4O4. The second-order valence-electron chi connectivity index (χ2n) is 21.3. The van der Waals surface area contributed by atoms with Crippen LogP contribution in [0.5, 0.6) is 5.75 Å². The number of imidazole rings is 1. The SMILES string of the molecule is COc1ccc(C)c(C)c1.Cc1cc(Cl)cc(Cl)c1.Cc1ccc(C)o1.Cc1ccc(F)cc1C.Cc1ccc(F)cc1C.Cc1cccc(CN)c1.Cc1cccc(CNC(=O)OC(C)(C)C)c1.Cc1cccc(F)c1C.Cc1nccn1C. The van der Waals surface area contributed by atoms with Crippen LogP contribution in [0.15, 0.2) is 168 Å². The maximum atomic E-state index is 12.6. The summed E-state index contributed by atoms with van der Waals surface area (Å²) in [7, 11) is 3.66. The van der Waals surface area contributed by atoms with E-state index < -0.39 is 5.60 Å². The van der Waals surface area contributed by atoms with Gasteiger partial charge in [-0.15, -0.1) is 0 Å². The van der Waals surface area contributed by atoms with E-state index in [0.29, 0.717) is 23.1 Å². The van der Waals surface area contributed by atoms with Crippen LogP contribution in [0.4, 0.5) is 18.0 Å². The molecule has 9 rings (SSSR count). The van der Waals surface area contributed by atoms with Gasteiger partial charge in [0.15, 0.2) is 0 Å². The third-order valence-corrected chi connectivity index (χ3v) is 12.8. The molecule has 0 aliphatic carbocycles. The zero-order chi connectivity index (χ0) is 64.4. The number of hydrogen-bond donors (Lipinski definition) is 2. The monoisotopic (exact) mass is 1200 g/mol. The molecule has 2 heterocycles. The number of amides is 1. The average molecular weight is 1200 g/mol. The van der Waals surface area contributed by atoms with Crippen LogP contribution in [0, 0.1) is 114 Å². The summed E-state index contributed by atoms with van der Waals surface area (Å²) in [5, 5.41) is 4.11. The van der Waals surface area contributed by atoms with Crippen molar-refractivity contribution in [3.63, 3.8) is 0 Å². The predicted molar refractivity (Wildman–Crippen MR) is 351 cm³/mol. The Labute approximate surface area is 516 Å². The second kappa shape index (κ2) is 39.9. The fourth-order valence-electron chi connectivity index (χ4n) is 6.80. The molecule has 0 spiro atoms. The van der Waals surface area contributed by atoms with Gasteiger partial charge >= 0.3 is 6.09 Å². The van der Waals surface area contributed by atoms with Crippen LogP contribution in [0.2, 0.25) is 10.0 Å². The van der Waals surface area contributed by atoms with E-state index >= 15 is 0 Å². The van der Waals surface area contributed by atoms with Gasteiger partial charge in [-0.3, -0.25) is 0 Å². The van der Waals surface area contributed by atoms with Gasteiger partial charge in [0.1, 0.15) is 46.1 Å². The molecule has 0 aliphatic heterocycles. The van der Waals surface area contributed by atoms with Gasteiger partial charge in [-0.05, 0) is 252 Å². The molecule has 0 saturated carbocycles. The van der Waals surface area contributed by atoms with Crippen molar-refractivity contribution in [1.29, 1.82) is 0 Å². The van der Waals surface area contributed by atoms with Gasteiger partial charge < -0.3 is 29.5 Å². The zero-order valence-corrected chi connectivity index (χ0v) is 55.0. The largest absolute Gasteiger partial charge is 0.497 e. The Morgan fingerprint density at radius 1 is 0.565 bits per heavy atom. The van der Waals surface area contributed by atoms with Crippen LogP contribution in [0.1, 0.15) is 110 Å². The van der Waals surface area contributed by atoms with Crippen molar-refractivity contribution in [2.24, 2.45) is 12.8 Å². The van der Waals surface area contributed by atoms with E-state index in [1.54, 1.807) is 44.5 Å². The number of nitrogens with one attached hydrogen (secondary N) is 1. The smallest absolute Gasteiger partial charge is 0.407 e. The van der Waals surface area contributed by atoms with E-state index in [2.05, 4.69) is 49.3 Å². The summed E-state index contributed by atoms with van der Waals surface area (Å²) >= 11 is 11.3. The fraction of sp³-hybridized carbons (Fsp3) is 0.306. The highest BCUT2D eigenvalue weighted by molar-refractivity contribution is 6.34. The number of rotatable bonds is 4. The topological polar surface area (TPSA) is 105 Å². The number of methoxy groups -OCH3 is 1. The van der Waals surface area contributed by atoms with Crippen molar-refractivity contribution in [1.82, 2.24) is 14.9 Å². The van der Waals surface area contributed by atoms with Crippen LogP contribution in [-0.4, -0.2) is 28.4 Å². The van der Waals surface area contributed by atoms with Crippen molar-refractivity contribution in [3.8, 4) is 5.75 Å². The molecule has 8 nitrogen and oxygen atoms in total. The maximum absolute atomic E-state index is 12.6. The first-order valence-electron chi connectivity index (χ1n) is 27.8. The Morgan fingerprint density at radius 2 is 1.04 bits per heavy atom. The summed E-state index contributed by atoms with van der Waals surface area (Å²) in [4.78, 5) is 15.4. The number of ether oxygens (including phenoxy) is 2. The standard InChI is InChI=1S/C13H19NO2.C9H12O.3C8H9F.C8H11N.C7H6Cl2.C6H8O.C5H8N2/c1-10-6-5-7-11(8-10)9-14-12(15)16-13(2,3)4;1-7-4-5-9(10-3)6-8(7)2;2*1-6-3-4-8(9)5-7(6)2;1-6-4-3-5-8(9)7(6)2;1-7-3-2-4-8(5-7)6-9;1-5-2-6(8)4-7(9)3-5;1-5-3-4-6(2)7-5;1-5-6-3-4-7(5)2/h5-8H,9H2,1-4H3,(H,14,15);4-6H,1-3H3;3*3-5H,1-2H3;2-5H,6,9H2,1H3;2-4H,1H3;2*3-4H,1-2H3. The Balaban J connectivity index is 0.000000483. The van der Waals surface area contributed by atoms with Crippen molar-refractivity contribution in [2.45, 2.75) is 136 Å². The molecule has 13 heteroatoms. The molecule has 3 N–H and O–H groups in total. The molecule has 0 atom stereocenters. The molecule has 0 radical (unpaired) electrons. The lowest BCUT2D eigenvalue weighted by molar-refractivity contribution is 0.0523. The van der Waals surface area contributed by atoms with Gasteiger partial charge in [-0.1, -0.05) is 113 Å². The Hall–Kier alpha value is -7.57. The molecule has 9 aromatic rings. The quantitative estimate of drug-likeness (QED) is 0.182. The molecular weight excluding hydrogens is 1110 g/mol. The number of nitrogens with two attached hydrogens (primary N) is 1. The third kappa shape index (κ3) is 34.7. The first-order valence-corrected chi connectivity index (χ1v) is 28.5. The first-order chi connectivity index (χ1) is 39.8. The molecule has 2 aromatic heterocycles. The van der Waals surface area contributed by atoms with Crippen LogP contribution in [0.25, 0.3) is 0 Å². The predicted octanol–water partition coefficient (Wildman–Crippen LogP) is 20.0. The molecule has 0 saturated heterocycles. The molecule has 1 amide bonds. The molecule has 7 aromatic carbocycles. The van der Waals surface area contributed by atoms with Crippen molar-refractivity contribution in [3.05, 3.63) is 281 Å². The lowest BCUT2D eigenvalue weighted by Crippen LogP contribution is -2.32. The minimum absolute atomic E-state index is 0.116. The Bertz CT molecular complexity index is 3230. The summed E-state index contributed by atoms with van der Waals surface area (Å²) in [6.07, 6.45) is 3.33. The molecule has 458 valence electrons. The molecule has 0 aliphatic rings. The third-order valence-electron chi connectivity index (χ3n) is 12.4. The molecule has 85 heavy (non-hydrogen) atoms. The van der Waals surface area contributed by atoms with E-state index in [1.165, 1.54) is 58.1 Å². The number of benzene rings is 7. The fourth-order valence-corrected chi connectivity index (χ4v) is 7.44. The summed E-state index contributed by atoms with van der Waals surface area (Å²) in [5.74, 6) is 3.53. The Morgan fingerprint density at radius 3 is 1.36 bits per heavy atom. The summed E-state index contributed by atoms with van der Waals surface area (Å²) < 4.78 is 54.5. The lowest BCUT2D eigenvalue weighted by Gasteiger charge is -2.19. The highest BCUT2D eigenvalue weighted by Gasteiger charge is 2.15. The van der Waals surface area contributed by atoms with E-state index in [9.17, 15) is 18.0 Å². The highest BCUT2D eigenvalue weighted by Crippen LogP contribution is 2.19. The number of aryl methyl sites for hydroxylation is 14. The summed E-state index contributed by atoms with van der Waals surface area (Å²) in [5.41, 5.74) is 19.4. The number of carbonyl (C=O) groups is 1. The molecule has 0 fully saturated rings. The average Bonchev–Trinajstić information content (AvgIpc) is 4.15. The molecule has 0 unspecified atom stereocenters. The lowest BCUT2D eigenvalue weighted by atomic mass is 10.1. The van der Waals surface area contributed by atoms with Crippen molar-refractivity contribution < 1.29 is 31.9 Å². The Kier molecular flexibility index (Phi) is 35.4. The number of furan rings is 1. The number of halogens is 5. The maximum Gasteiger partial charge on any atom is 0.407 e. The minimum Gasteiger partial charge on any atom is -0.497 e. The van der Waals surface area contributed by atoms with Crippen LogP contribution >= 0.6 is 23.2 Å². The normalized spacial score (nSPS) is 9.85. The first kappa shape index (κ1) is 75.4. The number of alkyl carbamates (subject to hydrolysis) is 1. The van der Waals surface area contributed by atoms with Gasteiger partial charge in [0.25, 0.3) is 0 Å². The van der Waals surface area contributed by atoms with E-state index in [1.807, 2.05) is 187 Å². The van der Waals surface area contributed by atoms with Crippen molar-refractivity contribution >= 4 is 29.3 Å². The molecule has 0 bridgehead atoms. The number of nitrogens with zero attached hydrogens (tertiary/aromatic N) is 2. The van der Waals surface area contributed by atoms with Crippen molar-refractivity contribution in [2.75, 3.05) is 7.11 Å². The van der Waals surface area contributed by atoms with Gasteiger partial charge in [-0.25, -0.2) is 22.9 Å². The van der Waals surface area contributed by atoms with E-state index in [0.717, 1.165) is 67.6 Å². The number of carbonyl (C=O) groups excluding carboxylic acids is 1. The van der Waals surface area contributed by atoms with Crippen LogP contribution < -0.4 is 15.8 Å². The number of aromatic nitrogens is 2. The second-order valence-corrected chi connectivity index (χ2v) is 22.2. The van der Waals surface area contributed by atoms with Crippen LogP contribution in [0.3, 0.4) is 0 Å². The van der Waals surface area contributed by atoms with Gasteiger partial charge in [0, 0.05) is 42.6 Å². The van der Waals surface area contributed by atoms with Crippen LogP contribution in [-0.2, 0) is 24.9 Å². The summed E-state index contributed by atoms with van der Waals surface area (Å²) in [6, 6.07) is 46.4. The van der Waals surface area contributed by atoms with Gasteiger partial charge in [0.2, 0.25) is 0 Å². The zero-order valence-electron chi connectivity index (χ0n) is 53.5. The van der Waals surface area contributed by atoms with Gasteiger partial charge in [0.05, 0.1) is 7.11 Å². The number of hydrogen-bond acceptors (Lipinski definition) is 6. The van der Waals surface area contributed by atoms with Gasteiger partial charge in [-0.2, -0.15) is 0 Å². The van der Waals surface area contributed by atoms with E-state index in [-0.39, 0.29) is 23.5 Å². The minimum atomic E-state index is -0.448.